The second-order valence-electron chi connectivity index (χ2n) is 8.69. The topological polar surface area (TPSA) is 105 Å². The quantitative estimate of drug-likeness (QED) is 0.619. The lowest BCUT2D eigenvalue weighted by Gasteiger charge is -2.29. The molecule has 2 N–H and O–H groups in total. The molecular formula is C26H30N2O6. The average molecular weight is 467 g/mol. The van der Waals surface area contributed by atoms with Gasteiger partial charge in [-0.3, -0.25) is 4.79 Å². The van der Waals surface area contributed by atoms with Crippen LogP contribution in [0.4, 0.5) is 4.79 Å². The number of benzene rings is 2. The van der Waals surface area contributed by atoms with Crippen molar-refractivity contribution in [2.24, 2.45) is 5.92 Å². The highest BCUT2D eigenvalue weighted by atomic mass is 16.5. The Morgan fingerprint density at radius 3 is 2.32 bits per heavy atom. The van der Waals surface area contributed by atoms with Crippen LogP contribution in [0.5, 0.6) is 0 Å². The maximum Gasteiger partial charge on any atom is 0.407 e. The second-order valence-corrected chi connectivity index (χ2v) is 8.69. The van der Waals surface area contributed by atoms with Crippen molar-refractivity contribution >= 4 is 18.0 Å². The smallest absolute Gasteiger partial charge is 0.407 e. The van der Waals surface area contributed by atoms with Gasteiger partial charge in [-0.25, -0.2) is 9.59 Å². The monoisotopic (exact) mass is 466 g/mol. The van der Waals surface area contributed by atoms with Crippen LogP contribution in [0.1, 0.15) is 37.3 Å². The van der Waals surface area contributed by atoms with Crippen molar-refractivity contribution in [3.8, 4) is 11.1 Å². The normalized spacial score (nSPS) is 19.7. The minimum Gasteiger partial charge on any atom is -0.480 e. The molecule has 2 aromatic rings. The number of carbonyl (C=O) groups is 3. The first-order valence-electron chi connectivity index (χ1n) is 11.7. The molecule has 4 rings (SSSR count). The Hall–Kier alpha value is -3.39. The molecule has 180 valence electrons. The Morgan fingerprint density at radius 1 is 1.12 bits per heavy atom. The molecule has 1 saturated heterocycles. The molecule has 0 bridgehead atoms. The van der Waals surface area contributed by atoms with Crippen LogP contribution in [-0.4, -0.2) is 66.4 Å². The maximum atomic E-state index is 12.9. The van der Waals surface area contributed by atoms with E-state index in [1.807, 2.05) is 24.3 Å². The zero-order chi connectivity index (χ0) is 24.2. The Balaban J connectivity index is 1.34. The summed E-state index contributed by atoms with van der Waals surface area (Å²) < 4.78 is 11.2. The van der Waals surface area contributed by atoms with Crippen molar-refractivity contribution < 1.29 is 29.0 Å². The molecule has 3 atom stereocenters. The summed E-state index contributed by atoms with van der Waals surface area (Å²) in [5, 5.41) is 12.0. The number of fused-ring (bicyclic) bond motifs is 3. The summed E-state index contributed by atoms with van der Waals surface area (Å²) in [5.41, 5.74) is 4.59. The number of ether oxygens (including phenoxy) is 2. The first-order valence-corrected chi connectivity index (χ1v) is 11.7. The summed E-state index contributed by atoms with van der Waals surface area (Å²) in [6, 6.07) is 15.3. The van der Waals surface area contributed by atoms with E-state index in [0.29, 0.717) is 13.0 Å². The molecule has 1 unspecified atom stereocenters. The van der Waals surface area contributed by atoms with Gasteiger partial charge in [0.25, 0.3) is 5.91 Å². The third-order valence-corrected chi connectivity index (χ3v) is 6.76. The van der Waals surface area contributed by atoms with Gasteiger partial charge in [-0.1, -0.05) is 48.5 Å². The highest BCUT2D eigenvalue weighted by Gasteiger charge is 2.39. The molecule has 1 heterocycles. The van der Waals surface area contributed by atoms with Crippen LogP contribution in [0.2, 0.25) is 0 Å². The van der Waals surface area contributed by atoms with Gasteiger partial charge in [0.05, 0.1) is 0 Å². The molecule has 0 saturated carbocycles. The highest BCUT2D eigenvalue weighted by molar-refractivity contribution is 5.86. The van der Waals surface area contributed by atoms with E-state index >= 15 is 0 Å². The standard InChI is InChI=1S/C26H30N2O6/c1-3-28(16(2)25(30)31)24(29)23-17(12-13-33-23)14-27-26(32)34-15-22-20-10-6-4-8-18(20)19-9-5-7-11-21(19)22/h4-11,16-17,22-23H,3,12-15H2,1-2H3,(H,27,32)(H,30,31)/t16?,17-,23-/m1/s1. The van der Waals surface area contributed by atoms with E-state index < -0.39 is 24.2 Å². The van der Waals surface area contributed by atoms with E-state index in [-0.39, 0.29) is 37.4 Å². The number of rotatable bonds is 8. The number of hydrogen-bond donors (Lipinski definition) is 2. The lowest BCUT2D eigenvalue weighted by atomic mass is 9.98. The number of carboxylic acid groups (broad SMARTS) is 1. The van der Waals surface area contributed by atoms with Gasteiger partial charge in [0.2, 0.25) is 0 Å². The molecule has 8 heteroatoms. The molecule has 0 spiro atoms. The lowest BCUT2D eigenvalue weighted by molar-refractivity contribution is -0.154. The van der Waals surface area contributed by atoms with Gasteiger partial charge in [-0.2, -0.15) is 0 Å². The largest absolute Gasteiger partial charge is 0.480 e. The van der Waals surface area contributed by atoms with Crippen LogP contribution >= 0.6 is 0 Å². The van der Waals surface area contributed by atoms with Gasteiger partial charge in [0.15, 0.2) is 0 Å². The predicted molar refractivity (Wildman–Crippen MR) is 125 cm³/mol. The van der Waals surface area contributed by atoms with Gasteiger partial charge in [-0.05, 0) is 42.5 Å². The predicted octanol–water partition coefficient (Wildman–Crippen LogP) is 3.25. The van der Waals surface area contributed by atoms with Crippen LogP contribution in [-0.2, 0) is 19.1 Å². The first kappa shape index (κ1) is 23.8. The zero-order valence-corrected chi connectivity index (χ0v) is 19.4. The Bertz CT molecular complexity index is 1030. The zero-order valence-electron chi connectivity index (χ0n) is 19.4. The van der Waals surface area contributed by atoms with Gasteiger partial charge < -0.3 is 24.8 Å². The average Bonchev–Trinajstić information content (AvgIpc) is 3.44. The van der Waals surface area contributed by atoms with E-state index in [2.05, 4.69) is 29.6 Å². The van der Waals surface area contributed by atoms with Gasteiger partial charge in [0, 0.05) is 31.5 Å². The van der Waals surface area contributed by atoms with Crippen LogP contribution in [0.3, 0.4) is 0 Å². The summed E-state index contributed by atoms with van der Waals surface area (Å²) >= 11 is 0. The fourth-order valence-corrected chi connectivity index (χ4v) is 4.90. The van der Waals surface area contributed by atoms with E-state index in [1.165, 1.54) is 11.8 Å². The van der Waals surface area contributed by atoms with Gasteiger partial charge in [0.1, 0.15) is 18.8 Å². The highest BCUT2D eigenvalue weighted by Crippen LogP contribution is 2.44. The molecule has 1 aliphatic carbocycles. The van der Waals surface area contributed by atoms with Crippen molar-refractivity contribution in [2.75, 3.05) is 26.3 Å². The Morgan fingerprint density at radius 2 is 1.74 bits per heavy atom. The summed E-state index contributed by atoms with van der Waals surface area (Å²) in [4.78, 5) is 38.0. The number of carboxylic acids is 1. The van der Waals surface area contributed by atoms with Gasteiger partial charge in [-0.15, -0.1) is 0 Å². The third kappa shape index (κ3) is 4.63. The fraction of sp³-hybridized carbons (Fsp3) is 0.423. The number of amides is 2. The first-order chi connectivity index (χ1) is 16.4. The molecule has 8 nitrogen and oxygen atoms in total. The molecule has 2 amide bonds. The Labute approximate surface area is 198 Å². The molecule has 0 radical (unpaired) electrons. The maximum absolute atomic E-state index is 12.9. The minimum atomic E-state index is -1.07. The van der Waals surface area contributed by atoms with Crippen molar-refractivity contribution in [1.29, 1.82) is 0 Å². The molecule has 34 heavy (non-hydrogen) atoms. The minimum absolute atomic E-state index is 0.0297. The molecular weight excluding hydrogens is 436 g/mol. The van der Waals surface area contributed by atoms with Crippen molar-refractivity contribution in [3.63, 3.8) is 0 Å². The molecule has 0 aromatic heterocycles. The van der Waals surface area contributed by atoms with E-state index in [1.54, 1.807) is 6.92 Å². The summed E-state index contributed by atoms with van der Waals surface area (Å²) in [7, 11) is 0. The van der Waals surface area contributed by atoms with Crippen LogP contribution in [0, 0.1) is 5.92 Å². The summed E-state index contributed by atoms with van der Waals surface area (Å²) in [6.07, 6.45) is -0.735. The number of nitrogens with one attached hydrogen (secondary N) is 1. The van der Waals surface area contributed by atoms with E-state index in [4.69, 9.17) is 9.47 Å². The number of aliphatic carboxylic acids is 1. The van der Waals surface area contributed by atoms with Crippen LogP contribution in [0.15, 0.2) is 48.5 Å². The fourth-order valence-electron chi connectivity index (χ4n) is 4.90. The molecule has 2 aromatic carbocycles. The summed E-state index contributed by atoms with van der Waals surface area (Å²) in [6.45, 7) is 4.28. The number of likely N-dealkylation sites (N-methyl/N-ethyl adjacent to an activating group) is 1. The summed E-state index contributed by atoms with van der Waals surface area (Å²) in [5.74, 6) is -1.71. The van der Waals surface area contributed by atoms with Crippen LogP contribution < -0.4 is 5.32 Å². The van der Waals surface area contributed by atoms with E-state index in [0.717, 1.165) is 22.3 Å². The third-order valence-electron chi connectivity index (χ3n) is 6.76. The van der Waals surface area contributed by atoms with Crippen LogP contribution in [0.25, 0.3) is 11.1 Å². The number of hydrogen-bond acceptors (Lipinski definition) is 5. The number of carbonyl (C=O) groups excluding carboxylic acids is 2. The molecule has 1 fully saturated rings. The van der Waals surface area contributed by atoms with Crippen molar-refractivity contribution in [2.45, 2.75) is 38.3 Å². The van der Waals surface area contributed by atoms with Gasteiger partial charge >= 0.3 is 12.1 Å². The SMILES string of the molecule is CCN(C(=O)[C@@H]1OCC[C@@H]1CNC(=O)OCC1c2ccccc2-c2ccccc21)C(C)C(=O)O. The molecule has 1 aliphatic heterocycles. The number of nitrogens with zero attached hydrogens (tertiary/aromatic N) is 1. The lowest BCUT2D eigenvalue weighted by Crippen LogP contribution is -2.50. The Kier molecular flexibility index (Phi) is 7.17. The second kappa shape index (κ2) is 10.3. The number of alkyl carbamates (subject to hydrolysis) is 1. The molecule has 2 aliphatic rings. The van der Waals surface area contributed by atoms with E-state index in [9.17, 15) is 19.5 Å². The van der Waals surface area contributed by atoms with Crippen molar-refractivity contribution in [3.05, 3.63) is 59.7 Å². The van der Waals surface area contributed by atoms with Crippen molar-refractivity contribution in [1.82, 2.24) is 10.2 Å².